The minimum Gasteiger partial charge on any atom is -0.374 e. The second-order valence-electron chi connectivity index (χ2n) is 6.77. The lowest BCUT2D eigenvalue weighted by molar-refractivity contribution is 0.971. The van der Waals surface area contributed by atoms with Gasteiger partial charge in [0.1, 0.15) is 0 Å². The van der Waals surface area contributed by atoms with E-state index in [9.17, 15) is 0 Å². The van der Waals surface area contributed by atoms with E-state index >= 15 is 0 Å². The molecular formula is C22H28N2. The first-order chi connectivity index (χ1) is 11.5. The van der Waals surface area contributed by atoms with Crippen molar-refractivity contribution < 1.29 is 0 Å². The molecule has 0 aromatic heterocycles. The summed E-state index contributed by atoms with van der Waals surface area (Å²) < 4.78 is 0. The van der Waals surface area contributed by atoms with E-state index in [1.807, 2.05) is 0 Å². The van der Waals surface area contributed by atoms with Crippen LogP contribution in [0.25, 0.3) is 21.5 Å². The minimum absolute atomic E-state index is 0.995. The van der Waals surface area contributed by atoms with Crippen molar-refractivity contribution in [3.05, 3.63) is 47.5 Å². The van der Waals surface area contributed by atoms with Gasteiger partial charge in [-0.2, -0.15) is 0 Å². The van der Waals surface area contributed by atoms with E-state index in [2.05, 4.69) is 88.0 Å². The highest BCUT2D eigenvalue weighted by Crippen LogP contribution is 2.44. The van der Waals surface area contributed by atoms with Crippen LogP contribution in [0.4, 0.5) is 11.4 Å². The predicted molar refractivity (Wildman–Crippen MR) is 109 cm³/mol. The van der Waals surface area contributed by atoms with Crippen LogP contribution >= 0.6 is 0 Å². The fraction of sp³-hybridized carbons (Fsp3) is 0.364. The third-order valence-electron chi connectivity index (χ3n) is 5.16. The molecule has 0 atom stereocenters. The maximum atomic E-state index is 2.38. The van der Waals surface area contributed by atoms with Gasteiger partial charge in [0.25, 0.3) is 0 Å². The number of hydrogen-bond donors (Lipinski definition) is 0. The van der Waals surface area contributed by atoms with Gasteiger partial charge in [-0.25, -0.2) is 0 Å². The van der Waals surface area contributed by atoms with E-state index in [4.69, 9.17) is 0 Å². The van der Waals surface area contributed by atoms with Gasteiger partial charge in [-0.05, 0) is 39.3 Å². The Morgan fingerprint density at radius 2 is 1.42 bits per heavy atom. The van der Waals surface area contributed by atoms with Crippen molar-refractivity contribution in [2.75, 3.05) is 37.0 Å². The summed E-state index contributed by atoms with van der Waals surface area (Å²) in [7, 11) is 4.39. The zero-order valence-electron chi connectivity index (χ0n) is 15.8. The smallest absolute Gasteiger partial charge is 0.0527 e. The molecule has 0 spiro atoms. The molecule has 3 rings (SSSR count). The largest absolute Gasteiger partial charge is 0.374 e. The lowest BCUT2D eigenvalue weighted by atomic mass is 9.93. The molecule has 0 radical (unpaired) electrons. The van der Waals surface area contributed by atoms with Crippen LogP contribution in [0.1, 0.15) is 25.0 Å². The van der Waals surface area contributed by atoms with Gasteiger partial charge < -0.3 is 9.80 Å². The second-order valence-corrected chi connectivity index (χ2v) is 6.77. The number of rotatable bonds is 4. The van der Waals surface area contributed by atoms with E-state index < -0.39 is 0 Å². The van der Waals surface area contributed by atoms with E-state index in [0.29, 0.717) is 0 Å². The average molecular weight is 320 g/mol. The second kappa shape index (κ2) is 6.35. The Kier molecular flexibility index (Phi) is 4.40. The summed E-state index contributed by atoms with van der Waals surface area (Å²) in [6, 6.07) is 13.5. The van der Waals surface area contributed by atoms with Crippen LogP contribution in [-0.4, -0.2) is 27.2 Å². The molecule has 0 saturated carbocycles. The van der Waals surface area contributed by atoms with Crippen LogP contribution in [0, 0.1) is 13.8 Å². The summed E-state index contributed by atoms with van der Waals surface area (Å²) in [5.41, 5.74) is 5.36. The van der Waals surface area contributed by atoms with Crippen molar-refractivity contribution in [2.45, 2.75) is 27.7 Å². The first-order valence-corrected chi connectivity index (χ1v) is 8.87. The standard InChI is InChI=1S/C22H28N2/c1-7-23(5)21-17-13-12-15(3)14-19(17)22(24(6)8-2)20-16(4)10-9-11-18(20)21/h9-14H,7-8H2,1-6H3. The third kappa shape index (κ3) is 2.50. The van der Waals surface area contributed by atoms with Crippen molar-refractivity contribution in [3.8, 4) is 0 Å². The van der Waals surface area contributed by atoms with Crippen molar-refractivity contribution in [2.24, 2.45) is 0 Å². The van der Waals surface area contributed by atoms with Crippen LogP contribution in [0.2, 0.25) is 0 Å². The summed E-state index contributed by atoms with van der Waals surface area (Å²) in [6.45, 7) is 10.8. The van der Waals surface area contributed by atoms with Crippen LogP contribution in [0.15, 0.2) is 36.4 Å². The maximum Gasteiger partial charge on any atom is 0.0527 e. The van der Waals surface area contributed by atoms with Gasteiger partial charge in [-0.3, -0.25) is 0 Å². The number of aryl methyl sites for hydroxylation is 2. The Bertz CT molecular complexity index is 895. The van der Waals surface area contributed by atoms with Gasteiger partial charge in [0.05, 0.1) is 11.4 Å². The van der Waals surface area contributed by atoms with Crippen molar-refractivity contribution in [1.82, 2.24) is 0 Å². The van der Waals surface area contributed by atoms with Crippen molar-refractivity contribution in [1.29, 1.82) is 0 Å². The highest BCUT2D eigenvalue weighted by Gasteiger charge is 2.19. The Morgan fingerprint density at radius 1 is 0.750 bits per heavy atom. The van der Waals surface area contributed by atoms with Crippen LogP contribution in [-0.2, 0) is 0 Å². The fourth-order valence-corrected chi connectivity index (χ4v) is 3.64. The fourth-order valence-electron chi connectivity index (χ4n) is 3.64. The molecule has 2 heteroatoms. The van der Waals surface area contributed by atoms with E-state index in [1.165, 1.54) is 44.0 Å². The summed E-state index contributed by atoms with van der Waals surface area (Å²) in [4.78, 5) is 4.75. The van der Waals surface area contributed by atoms with E-state index in [0.717, 1.165) is 13.1 Å². The molecule has 3 aromatic rings. The molecule has 0 amide bonds. The molecule has 0 saturated heterocycles. The van der Waals surface area contributed by atoms with Crippen LogP contribution < -0.4 is 9.80 Å². The molecule has 2 nitrogen and oxygen atoms in total. The number of fused-ring (bicyclic) bond motifs is 2. The number of nitrogens with zero attached hydrogens (tertiary/aromatic N) is 2. The minimum atomic E-state index is 0.995. The SMILES string of the molecule is CCN(C)c1c2ccc(C)cc2c(N(C)CC)c2c(C)cccc12. The summed E-state index contributed by atoms with van der Waals surface area (Å²) in [5.74, 6) is 0. The number of hydrogen-bond acceptors (Lipinski definition) is 2. The summed E-state index contributed by atoms with van der Waals surface area (Å²) >= 11 is 0. The predicted octanol–water partition coefficient (Wildman–Crippen LogP) is 5.52. The lowest BCUT2D eigenvalue weighted by Crippen LogP contribution is -2.20. The first kappa shape index (κ1) is 16.6. The van der Waals surface area contributed by atoms with Gasteiger partial charge in [0.2, 0.25) is 0 Å². The zero-order chi connectivity index (χ0) is 17.4. The summed E-state index contributed by atoms with van der Waals surface area (Å²) in [6.07, 6.45) is 0. The zero-order valence-corrected chi connectivity index (χ0v) is 15.8. The van der Waals surface area contributed by atoms with Crippen molar-refractivity contribution >= 4 is 32.9 Å². The molecule has 0 aliphatic rings. The Hall–Kier alpha value is -2.22. The molecule has 126 valence electrons. The molecule has 0 aliphatic carbocycles. The van der Waals surface area contributed by atoms with Gasteiger partial charge in [-0.15, -0.1) is 0 Å². The van der Waals surface area contributed by atoms with E-state index in [1.54, 1.807) is 0 Å². The van der Waals surface area contributed by atoms with Gasteiger partial charge in [0.15, 0.2) is 0 Å². The summed E-state index contributed by atoms with van der Waals surface area (Å²) in [5, 5.41) is 5.44. The van der Waals surface area contributed by atoms with Crippen molar-refractivity contribution in [3.63, 3.8) is 0 Å². The molecule has 24 heavy (non-hydrogen) atoms. The molecule has 0 unspecified atom stereocenters. The normalized spacial score (nSPS) is 11.2. The van der Waals surface area contributed by atoms with Crippen LogP contribution in [0.5, 0.6) is 0 Å². The van der Waals surface area contributed by atoms with Gasteiger partial charge in [-0.1, -0.05) is 35.9 Å². The Morgan fingerprint density at radius 3 is 2.08 bits per heavy atom. The molecule has 0 N–H and O–H groups in total. The quantitative estimate of drug-likeness (QED) is 0.461. The lowest BCUT2D eigenvalue weighted by Gasteiger charge is -2.28. The molecule has 3 aromatic carbocycles. The highest BCUT2D eigenvalue weighted by molar-refractivity contribution is 6.21. The number of benzene rings is 3. The molecule has 0 heterocycles. The number of anilines is 2. The monoisotopic (exact) mass is 320 g/mol. The van der Waals surface area contributed by atoms with Crippen LogP contribution in [0.3, 0.4) is 0 Å². The molecule has 0 bridgehead atoms. The third-order valence-corrected chi connectivity index (χ3v) is 5.16. The Labute approximate surface area is 145 Å². The maximum absolute atomic E-state index is 2.38. The Balaban J connectivity index is 2.61. The van der Waals surface area contributed by atoms with Gasteiger partial charge >= 0.3 is 0 Å². The van der Waals surface area contributed by atoms with E-state index in [-0.39, 0.29) is 0 Å². The molecule has 0 fully saturated rings. The molecular weight excluding hydrogens is 292 g/mol. The topological polar surface area (TPSA) is 6.48 Å². The molecule has 0 aliphatic heterocycles. The van der Waals surface area contributed by atoms with Gasteiger partial charge in [0, 0.05) is 48.7 Å². The highest BCUT2D eigenvalue weighted by atomic mass is 15.1. The average Bonchev–Trinajstić information content (AvgIpc) is 2.58. The first-order valence-electron chi connectivity index (χ1n) is 8.87.